The minimum Gasteiger partial charge on any atom is -0.488 e. The van der Waals surface area contributed by atoms with Crippen molar-refractivity contribution in [1.29, 1.82) is 0 Å². The van der Waals surface area contributed by atoms with Gasteiger partial charge in [0.1, 0.15) is 17.9 Å². The summed E-state index contributed by atoms with van der Waals surface area (Å²) in [4.78, 5) is 35.0. The van der Waals surface area contributed by atoms with Crippen LogP contribution in [-0.2, 0) is 16.2 Å². The Morgan fingerprint density at radius 2 is 1.67 bits per heavy atom. The van der Waals surface area contributed by atoms with Gasteiger partial charge in [-0.25, -0.2) is 4.79 Å². The van der Waals surface area contributed by atoms with Gasteiger partial charge in [0.15, 0.2) is 0 Å². The average Bonchev–Trinajstić information content (AvgIpc) is 2.60. The van der Waals surface area contributed by atoms with Gasteiger partial charge < -0.3 is 4.74 Å². The largest absolute Gasteiger partial charge is 0.488 e. The van der Waals surface area contributed by atoms with E-state index in [4.69, 9.17) is 16.3 Å². The van der Waals surface area contributed by atoms with Crippen molar-refractivity contribution in [2.75, 3.05) is 0 Å². The molecule has 0 aliphatic carbocycles. The number of nitrogens with one attached hydrogen (secondary N) is 2. The summed E-state index contributed by atoms with van der Waals surface area (Å²) in [5.41, 5.74) is 3.61. The molecule has 6 nitrogen and oxygen atoms in total. The number of halogens is 1. The molecule has 27 heavy (non-hydrogen) atoms. The van der Waals surface area contributed by atoms with Gasteiger partial charge in [-0.1, -0.05) is 29.8 Å². The molecule has 2 aromatic carbocycles. The van der Waals surface area contributed by atoms with E-state index in [1.165, 1.54) is 11.6 Å². The lowest BCUT2D eigenvalue weighted by Crippen LogP contribution is -2.51. The molecule has 1 saturated heterocycles. The zero-order chi connectivity index (χ0) is 19.6. The number of carbonyl (C=O) groups is 3. The molecule has 0 bridgehead atoms. The van der Waals surface area contributed by atoms with Crippen LogP contribution in [0.3, 0.4) is 0 Å². The summed E-state index contributed by atoms with van der Waals surface area (Å²) in [7, 11) is 0. The second kappa shape index (κ2) is 7.63. The first-order chi connectivity index (χ1) is 12.8. The van der Waals surface area contributed by atoms with Crippen LogP contribution < -0.4 is 15.4 Å². The first-order valence-electron chi connectivity index (χ1n) is 8.20. The molecule has 4 amide bonds. The van der Waals surface area contributed by atoms with Gasteiger partial charge >= 0.3 is 6.03 Å². The fraction of sp³-hybridized carbons (Fsp3) is 0.150. The fourth-order valence-corrected chi connectivity index (χ4v) is 2.76. The van der Waals surface area contributed by atoms with E-state index in [0.29, 0.717) is 22.9 Å². The normalized spacial score (nSPS) is 13.9. The van der Waals surface area contributed by atoms with Crippen LogP contribution in [0.1, 0.15) is 22.3 Å². The van der Waals surface area contributed by atoms with Crippen LogP contribution in [0.4, 0.5) is 4.79 Å². The van der Waals surface area contributed by atoms with E-state index in [1.54, 1.807) is 18.2 Å². The fourth-order valence-electron chi connectivity index (χ4n) is 2.58. The minimum atomic E-state index is -0.848. The van der Waals surface area contributed by atoms with E-state index in [1.807, 2.05) is 42.7 Å². The Morgan fingerprint density at radius 3 is 2.33 bits per heavy atom. The number of amides is 4. The topological polar surface area (TPSA) is 84.5 Å². The number of ether oxygens (including phenoxy) is 1. The van der Waals surface area contributed by atoms with E-state index in [-0.39, 0.29) is 5.57 Å². The molecule has 0 aromatic heterocycles. The molecule has 0 radical (unpaired) electrons. The van der Waals surface area contributed by atoms with Gasteiger partial charge in [-0.2, -0.15) is 0 Å². The van der Waals surface area contributed by atoms with E-state index in [9.17, 15) is 14.4 Å². The molecule has 1 aliphatic heterocycles. The van der Waals surface area contributed by atoms with Gasteiger partial charge in [0.05, 0.1) is 0 Å². The second-order valence-electron chi connectivity index (χ2n) is 6.18. The first kappa shape index (κ1) is 18.7. The Labute approximate surface area is 161 Å². The smallest absolute Gasteiger partial charge is 0.328 e. The number of hydrogen-bond acceptors (Lipinski definition) is 4. The molecule has 138 valence electrons. The summed E-state index contributed by atoms with van der Waals surface area (Å²) < 4.78 is 5.87. The number of hydrogen-bond donors (Lipinski definition) is 2. The Hall–Kier alpha value is -3.12. The number of rotatable bonds is 4. The highest BCUT2D eigenvalue weighted by molar-refractivity contribution is 6.32. The minimum absolute atomic E-state index is 0.201. The molecule has 0 atom stereocenters. The van der Waals surface area contributed by atoms with Gasteiger partial charge in [0, 0.05) is 10.6 Å². The second-order valence-corrected chi connectivity index (χ2v) is 6.62. The van der Waals surface area contributed by atoms with E-state index in [2.05, 4.69) is 0 Å². The first-order valence-corrected chi connectivity index (χ1v) is 8.58. The van der Waals surface area contributed by atoms with Gasteiger partial charge in [-0.15, -0.1) is 0 Å². The number of urea groups is 1. The third-order valence-electron chi connectivity index (χ3n) is 4.18. The van der Waals surface area contributed by atoms with Gasteiger partial charge in [0.25, 0.3) is 11.8 Å². The summed E-state index contributed by atoms with van der Waals surface area (Å²) in [6.07, 6.45) is 1.35. The molecule has 1 heterocycles. The number of imide groups is 2. The van der Waals surface area contributed by atoms with Crippen molar-refractivity contribution in [2.45, 2.75) is 20.5 Å². The van der Waals surface area contributed by atoms with Crippen molar-refractivity contribution < 1.29 is 19.1 Å². The molecule has 0 unspecified atom stereocenters. The molecule has 1 fully saturated rings. The lowest BCUT2D eigenvalue weighted by Gasteiger charge is -2.15. The highest BCUT2D eigenvalue weighted by atomic mass is 35.5. The molecule has 3 rings (SSSR count). The maximum atomic E-state index is 11.9. The van der Waals surface area contributed by atoms with Gasteiger partial charge in [-0.05, 0) is 54.8 Å². The summed E-state index contributed by atoms with van der Waals surface area (Å²) in [6.45, 7) is 4.38. The van der Waals surface area contributed by atoms with Crippen LogP contribution in [0, 0.1) is 13.8 Å². The molecule has 2 aromatic rings. The molecule has 0 spiro atoms. The highest BCUT2D eigenvalue weighted by Gasteiger charge is 2.28. The van der Waals surface area contributed by atoms with E-state index < -0.39 is 17.8 Å². The number of aryl methyl sites for hydroxylation is 2. The SMILES string of the molecule is Cc1ccc(COc2ccc(Cl)cc2C=C2C(=O)NC(=O)NC2=O)cc1C. The molecular formula is C20H17ClN2O4. The number of benzene rings is 2. The molecule has 0 saturated carbocycles. The Morgan fingerprint density at radius 1 is 0.963 bits per heavy atom. The highest BCUT2D eigenvalue weighted by Crippen LogP contribution is 2.27. The summed E-state index contributed by atoms with van der Waals surface area (Å²) in [5.74, 6) is -1.09. The monoisotopic (exact) mass is 384 g/mol. The van der Waals surface area contributed by atoms with E-state index in [0.717, 1.165) is 11.1 Å². The quantitative estimate of drug-likeness (QED) is 0.625. The van der Waals surface area contributed by atoms with Crippen molar-refractivity contribution in [2.24, 2.45) is 0 Å². The van der Waals surface area contributed by atoms with Gasteiger partial charge in [-0.3, -0.25) is 20.2 Å². The summed E-state index contributed by atoms with van der Waals surface area (Å²) in [5, 5.41) is 4.49. The molecule has 2 N–H and O–H groups in total. The Balaban J connectivity index is 1.88. The predicted molar refractivity (Wildman–Crippen MR) is 101 cm³/mol. The lowest BCUT2D eigenvalue weighted by molar-refractivity contribution is -0.123. The van der Waals surface area contributed by atoms with Crippen LogP contribution in [0.25, 0.3) is 6.08 Å². The number of carbonyl (C=O) groups excluding carboxylic acids is 3. The van der Waals surface area contributed by atoms with Crippen LogP contribution in [-0.4, -0.2) is 17.8 Å². The third kappa shape index (κ3) is 4.35. The predicted octanol–water partition coefficient (Wildman–Crippen LogP) is 3.29. The maximum Gasteiger partial charge on any atom is 0.328 e. The van der Waals surface area contributed by atoms with Crippen LogP contribution in [0.2, 0.25) is 5.02 Å². The van der Waals surface area contributed by atoms with Crippen LogP contribution >= 0.6 is 11.6 Å². The molecule has 1 aliphatic rings. The summed E-state index contributed by atoms with van der Waals surface area (Å²) in [6, 6.07) is 10.1. The average molecular weight is 385 g/mol. The molecule has 7 heteroatoms. The van der Waals surface area contributed by atoms with Crippen molar-refractivity contribution in [3.05, 3.63) is 69.2 Å². The molecular weight excluding hydrogens is 368 g/mol. The Bertz CT molecular complexity index is 960. The lowest BCUT2D eigenvalue weighted by atomic mass is 10.1. The zero-order valence-electron chi connectivity index (χ0n) is 14.8. The Kier molecular flexibility index (Phi) is 5.28. The van der Waals surface area contributed by atoms with Crippen molar-refractivity contribution >= 4 is 35.5 Å². The van der Waals surface area contributed by atoms with E-state index >= 15 is 0 Å². The number of barbiturate groups is 1. The van der Waals surface area contributed by atoms with Crippen molar-refractivity contribution in [3.63, 3.8) is 0 Å². The van der Waals surface area contributed by atoms with Crippen molar-refractivity contribution in [1.82, 2.24) is 10.6 Å². The van der Waals surface area contributed by atoms with Gasteiger partial charge in [0.2, 0.25) is 0 Å². The third-order valence-corrected chi connectivity index (χ3v) is 4.42. The van der Waals surface area contributed by atoms with Crippen LogP contribution in [0.5, 0.6) is 5.75 Å². The van der Waals surface area contributed by atoms with Crippen molar-refractivity contribution in [3.8, 4) is 5.75 Å². The standard InChI is InChI=1S/C20H17ClN2O4/c1-11-3-4-13(7-12(11)2)10-27-17-6-5-15(21)8-14(17)9-16-18(24)22-20(26)23-19(16)25/h3-9H,10H2,1-2H3,(H2,22,23,24,25,26). The maximum absolute atomic E-state index is 11.9. The van der Waals surface area contributed by atoms with Crippen LogP contribution in [0.15, 0.2) is 42.0 Å². The zero-order valence-corrected chi connectivity index (χ0v) is 15.5. The summed E-state index contributed by atoms with van der Waals surface area (Å²) >= 11 is 6.05.